The smallest absolute Gasteiger partial charge is 0.122 e. The molecule has 72 valence electrons. The number of halogens is 2. The summed E-state index contributed by atoms with van der Waals surface area (Å²) in [5.74, 6) is 0. The van der Waals surface area contributed by atoms with E-state index in [1.807, 2.05) is 12.1 Å². The van der Waals surface area contributed by atoms with E-state index >= 15 is 0 Å². The molecule has 7 heteroatoms. The van der Waals surface area contributed by atoms with Crippen molar-refractivity contribution in [2.24, 2.45) is 0 Å². The average molecular weight is 344 g/mol. The topological polar surface area (TPSA) is 73.4 Å². The van der Waals surface area contributed by atoms with E-state index in [2.05, 4.69) is 41.4 Å². The van der Waals surface area contributed by atoms with E-state index < -0.39 is 0 Å². The van der Waals surface area contributed by atoms with Gasteiger partial charge in [0.15, 0.2) is 0 Å². The molecule has 15 heavy (non-hydrogen) atoms. The Balaban J connectivity index is 3.08. The third-order valence-electron chi connectivity index (χ3n) is 1.81. The predicted octanol–water partition coefficient (Wildman–Crippen LogP) is 2.96. The molecule has 0 bridgehead atoms. The molecule has 0 radical (unpaired) electrons. The molecule has 0 saturated heterocycles. The van der Waals surface area contributed by atoms with E-state index in [0.717, 1.165) is 11.5 Å². The molecule has 2 aromatic rings. The molecule has 0 aliphatic heterocycles. The molecule has 0 amide bonds. The van der Waals surface area contributed by atoms with Gasteiger partial charge in [-0.1, -0.05) is 4.49 Å². The van der Waals surface area contributed by atoms with Gasteiger partial charge in [-0.2, -0.15) is 10.5 Å². The number of nitriles is 2. The number of nitrogens with zero attached hydrogens (tertiary/aromatic N) is 4. The minimum Gasteiger partial charge on any atom is -0.192 e. The first-order valence-corrected chi connectivity index (χ1v) is 5.99. The van der Waals surface area contributed by atoms with Gasteiger partial charge in [0.2, 0.25) is 0 Å². The second-order valence-electron chi connectivity index (χ2n) is 2.55. The van der Waals surface area contributed by atoms with Crippen molar-refractivity contribution in [2.45, 2.75) is 0 Å². The van der Waals surface area contributed by atoms with Crippen molar-refractivity contribution in [3.63, 3.8) is 0 Å². The summed E-state index contributed by atoms with van der Waals surface area (Å²) in [6.45, 7) is 0. The standard InChI is InChI=1S/C8Br2N4S/c9-5-3(1-11)4(2-12)8-7(6(5)10)13-14-15-8. The van der Waals surface area contributed by atoms with Crippen LogP contribution in [0.1, 0.15) is 11.1 Å². The van der Waals surface area contributed by atoms with E-state index in [0.29, 0.717) is 30.3 Å². The summed E-state index contributed by atoms with van der Waals surface area (Å²) in [6.07, 6.45) is 0. The van der Waals surface area contributed by atoms with Crippen molar-refractivity contribution < 1.29 is 0 Å². The van der Waals surface area contributed by atoms with Crippen molar-refractivity contribution in [2.75, 3.05) is 0 Å². The number of hydrogen-bond donors (Lipinski definition) is 0. The van der Waals surface area contributed by atoms with Gasteiger partial charge in [-0.25, -0.2) is 0 Å². The Labute approximate surface area is 106 Å². The summed E-state index contributed by atoms with van der Waals surface area (Å²) < 4.78 is 5.59. The third kappa shape index (κ3) is 1.44. The fourth-order valence-corrected chi connectivity index (χ4v) is 2.90. The van der Waals surface area contributed by atoms with Crippen LogP contribution >= 0.6 is 43.4 Å². The zero-order valence-corrected chi connectivity index (χ0v) is 10.9. The fraction of sp³-hybridized carbons (Fsp3) is 0. The van der Waals surface area contributed by atoms with Gasteiger partial charge < -0.3 is 0 Å². The van der Waals surface area contributed by atoms with Crippen LogP contribution < -0.4 is 0 Å². The third-order valence-corrected chi connectivity index (χ3v) is 4.65. The van der Waals surface area contributed by atoms with Crippen LogP contribution in [0.15, 0.2) is 8.95 Å². The van der Waals surface area contributed by atoms with Crippen LogP contribution in [0.4, 0.5) is 0 Å². The van der Waals surface area contributed by atoms with Gasteiger partial charge >= 0.3 is 0 Å². The first-order valence-electron chi connectivity index (χ1n) is 3.64. The molecule has 0 saturated carbocycles. The molecule has 1 aromatic carbocycles. The zero-order valence-electron chi connectivity index (χ0n) is 6.95. The molecule has 1 aromatic heterocycles. The molecule has 0 N–H and O–H groups in total. The summed E-state index contributed by atoms with van der Waals surface area (Å²) in [5, 5.41) is 21.9. The Morgan fingerprint density at radius 2 is 1.73 bits per heavy atom. The number of hydrogen-bond acceptors (Lipinski definition) is 5. The molecule has 0 atom stereocenters. The number of rotatable bonds is 0. The van der Waals surface area contributed by atoms with E-state index in [1.165, 1.54) is 0 Å². The summed E-state index contributed by atoms with van der Waals surface area (Å²) in [5.41, 5.74) is 1.22. The van der Waals surface area contributed by atoms with Gasteiger partial charge in [0.25, 0.3) is 0 Å². The summed E-state index contributed by atoms with van der Waals surface area (Å²) in [6, 6.07) is 3.99. The largest absolute Gasteiger partial charge is 0.192 e. The Hall–Kier alpha value is -1.02. The van der Waals surface area contributed by atoms with E-state index in [9.17, 15) is 0 Å². The summed E-state index contributed by atoms with van der Waals surface area (Å²) in [7, 11) is 0. The van der Waals surface area contributed by atoms with Crippen LogP contribution in [0, 0.1) is 22.7 Å². The fourth-order valence-electron chi connectivity index (χ4n) is 1.15. The first kappa shape index (κ1) is 10.5. The highest BCUT2D eigenvalue weighted by atomic mass is 79.9. The molecule has 0 unspecified atom stereocenters. The van der Waals surface area contributed by atoms with E-state index in [1.54, 1.807) is 0 Å². The minimum absolute atomic E-state index is 0.308. The number of aromatic nitrogens is 2. The Kier molecular flexibility index (Phi) is 2.70. The molecule has 0 aliphatic carbocycles. The molecule has 0 aliphatic rings. The SMILES string of the molecule is N#Cc1c(Br)c(Br)c2nnsc2c1C#N. The Bertz CT molecular complexity index is 635. The van der Waals surface area contributed by atoms with Crippen molar-refractivity contribution in [1.29, 1.82) is 10.5 Å². The Morgan fingerprint density at radius 3 is 2.33 bits per heavy atom. The highest BCUT2D eigenvalue weighted by Gasteiger charge is 2.19. The van der Waals surface area contributed by atoms with Gasteiger partial charge in [-0.15, -0.1) is 5.10 Å². The quantitative estimate of drug-likeness (QED) is 0.737. The van der Waals surface area contributed by atoms with Crippen LogP contribution in [0.25, 0.3) is 10.2 Å². The molecule has 1 heterocycles. The second-order valence-corrected chi connectivity index (χ2v) is 4.89. The van der Waals surface area contributed by atoms with Crippen LogP contribution in [0.3, 0.4) is 0 Å². The molecule has 0 fully saturated rings. The lowest BCUT2D eigenvalue weighted by Gasteiger charge is -2.01. The van der Waals surface area contributed by atoms with Crippen LogP contribution in [-0.2, 0) is 0 Å². The Morgan fingerprint density at radius 1 is 1.07 bits per heavy atom. The van der Waals surface area contributed by atoms with Gasteiger partial charge in [0, 0.05) is 0 Å². The summed E-state index contributed by atoms with van der Waals surface area (Å²) in [4.78, 5) is 0. The molecule has 2 rings (SSSR count). The van der Waals surface area contributed by atoms with Crippen LogP contribution in [-0.4, -0.2) is 9.59 Å². The predicted molar refractivity (Wildman–Crippen MR) is 62.2 cm³/mol. The van der Waals surface area contributed by atoms with Crippen LogP contribution in [0.2, 0.25) is 0 Å². The van der Waals surface area contributed by atoms with Gasteiger partial charge in [0.1, 0.15) is 17.7 Å². The lowest BCUT2D eigenvalue weighted by atomic mass is 10.1. The van der Waals surface area contributed by atoms with Crippen molar-refractivity contribution >= 4 is 53.6 Å². The average Bonchev–Trinajstić information content (AvgIpc) is 2.71. The van der Waals surface area contributed by atoms with Crippen molar-refractivity contribution in [3.8, 4) is 12.1 Å². The normalized spacial score (nSPS) is 9.87. The minimum atomic E-state index is 0.308. The summed E-state index contributed by atoms with van der Waals surface area (Å²) >= 11 is 7.67. The lowest BCUT2D eigenvalue weighted by molar-refractivity contribution is 1.19. The maximum Gasteiger partial charge on any atom is 0.122 e. The zero-order chi connectivity index (χ0) is 11.0. The maximum atomic E-state index is 9.00. The molecule has 4 nitrogen and oxygen atoms in total. The van der Waals surface area contributed by atoms with Crippen molar-refractivity contribution in [1.82, 2.24) is 9.59 Å². The molecular weight excluding hydrogens is 344 g/mol. The molecule has 0 spiro atoms. The van der Waals surface area contributed by atoms with E-state index in [-0.39, 0.29) is 0 Å². The van der Waals surface area contributed by atoms with Crippen molar-refractivity contribution in [3.05, 3.63) is 20.1 Å². The monoisotopic (exact) mass is 342 g/mol. The second kappa shape index (κ2) is 3.86. The maximum absolute atomic E-state index is 9.00. The lowest BCUT2D eigenvalue weighted by Crippen LogP contribution is -1.88. The number of benzene rings is 1. The highest BCUT2D eigenvalue weighted by Crippen LogP contribution is 2.37. The number of fused-ring (bicyclic) bond motifs is 1. The van der Waals surface area contributed by atoms with Crippen LogP contribution in [0.5, 0.6) is 0 Å². The first-order chi connectivity index (χ1) is 7.20. The van der Waals surface area contributed by atoms with Gasteiger partial charge in [0.05, 0.1) is 24.8 Å². The molecular formula is C8Br2N4S. The van der Waals surface area contributed by atoms with E-state index in [4.69, 9.17) is 10.5 Å². The van der Waals surface area contributed by atoms with Gasteiger partial charge in [-0.05, 0) is 43.4 Å². The van der Waals surface area contributed by atoms with Gasteiger partial charge in [-0.3, -0.25) is 0 Å². The highest BCUT2D eigenvalue weighted by molar-refractivity contribution is 9.13.